The van der Waals surface area contributed by atoms with Gasteiger partial charge in [0, 0.05) is 18.8 Å². The van der Waals surface area contributed by atoms with E-state index in [1.54, 1.807) is 6.92 Å². The summed E-state index contributed by atoms with van der Waals surface area (Å²) >= 11 is 0. The van der Waals surface area contributed by atoms with Crippen molar-refractivity contribution < 1.29 is 22.3 Å². The van der Waals surface area contributed by atoms with E-state index in [1.165, 1.54) is 13.2 Å². The van der Waals surface area contributed by atoms with Gasteiger partial charge in [0.2, 0.25) is 10.0 Å². The van der Waals surface area contributed by atoms with Crippen molar-refractivity contribution in [3.63, 3.8) is 0 Å². The monoisotopic (exact) mass is 316 g/mol. The van der Waals surface area contributed by atoms with Crippen molar-refractivity contribution in [1.29, 1.82) is 0 Å². The molecule has 1 aromatic rings. The van der Waals surface area contributed by atoms with E-state index in [4.69, 9.17) is 5.73 Å². The fraction of sp³-hybridized carbons (Fsp3) is 0.462. The predicted molar refractivity (Wildman–Crippen MR) is 74.2 cm³/mol. The van der Waals surface area contributed by atoms with Gasteiger partial charge in [0.15, 0.2) is 0 Å². The van der Waals surface area contributed by atoms with Gasteiger partial charge >= 0.3 is 5.97 Å². The summed E-state index contributed by atoms with van der Waals surface area (Å²) in [7, 11) is -2.74. The lowest BCUT2D eigenvalue weighted by Gasteiger charge is -2.16. The maximum absolute atomic E-state index is 13.8. The molecule has 0 amide bonds. The molecule has 0 saturated carbocycles. The third-order valence-electron chi connectivity index (χ3n) is 3.66. The minimum Gasteiger partial charge on any atom is -0.469 e. The molecule has 1 aromatic carbocycles. The molecule has 21 heavy (non-hydrogen) atoms. The molecule has 116 valence electrons. The number of hydrogen-bond donors (Lipinski definition) is 1. The number of hydrogen-bond acceptors (Lipinski definition) is 5. The van der Waals surface area contributed by atoms with Crippen LogP contribution in [0.5, 0.6) is 0 Å². The fourth-order valence-corrected chi connectivity index (χ4v) is 4.05. The highest BCUT2D eigenvalue weighted by Gasteiger charge is 2.41. The van der Waals surface area contributed by atoms with Gasteiger partial charge in [-0.3, -0.25) is 4.79 Å². The molecule has 1 saturated heterocycles. The highest BCUT2D eigenvalue weighted by Crippen LogP contribution is 2.30. The van der Waals surface area contributed by atoms with E-state index in [2.05, 4.69) is 4.74 Å². The van der Waals surface area contributed by atoms with Crippen LogP contribution in [0.25, 0.3) is 0 Å². The summed E-state index contributed by atoms with van der Waals surface area (Å²) in [4.78, 5) is 11.2. The molecule has 1 fully saturated rings. The van der Waals surface area contributed by atoms with E-state index in [0.29, 0.717) is 0 Å². The van der Waals surface area contributed by atoms with E-state index in [9.17, 15) is 17.6 Å². The van der Waals surface area contributed by atoms with Gasteiger partial charge in [-0.25, -0.2) is 12.8 Å². The normalized spacial score (nSPS) is 23.2. The molecular weight excluding hydrogens is 299 g/mol. The minimum absolute atomic E-state index is 0.0139. The smallest absolute Gasteiger partial charge is 0.310 e. The Bertz CT molecular complexity index is 662. The van der Waals surface area contributed by atoms with Crippen LogP contribution in [-0.2, 0) is 19.6 Å². The minimum atomic E-state index is -4.00. The first-order valence-electron chi connectivity index (χ1n) is 6.40. The Balaban J connectivity index is 2.31. The largest absolute Gasteiger partial charge is 0.469 e. The Labute approximate surface area is 122 Å². The molecule has 2 rings (SSSR count). The first kappa shape index (κ1) is 15.7. The summed E-state index contributed by atoms with van der Waals surface area (Å²) in [6.07, 6.45) is 0. The number of sulfonamides is 1. The number of esters is 1. The van der Waals surface area contributed by atoms with Crippen molar-refractivity contribution in [2.75, 3.05) is 25.9 Å². The van der Waals surface area contributed by atoms with Gasteiger partial charge in [-0.1, -0.05) is 6.92 Å². The van der Waals surface area contributed by atoms with E-state index in [1.807, 2.05) is 0 Å². The molecule has 8 heteroatoms. The molecule has 0 radical (unpaired) electrons. The number of ether oxygens (including phenoxy) is 1. The van der Waals surface area contributed by atoms with Gasteiger partial charge < -0.3 is 10.5 Å². The summed E-state index contributed by atoms with van der Waals surface area (Å²) in [6, 6.07) is 3.42. The molecule has 2 atom stereocenters. The van der Waals surface area contributed by atoms with Crippen molar-refractivity contribution in [3.8, 4) is 0 Å². The SMILES string of the molecule is COC(=O)C1CN(S(=O)(=O)c2ccc(N)cc2F)CC1C. The zero-order valence-electron chi connectivity index (χ0n) is 11.7. The number of benzene rings is 1. The Morgan fingerprint density at radius 2 is 2.10 bits per heavy atom. The maximum atomic E-state index is 13.8. The average molecular weight is 316 g/mol. The Morgan fingerprint density at radius 1 is 1.43 bits per heavy atom. The number of rotatable bonds is 3. The van der Waals surface area contributed by atoms with Crippen LogP contribution in [-0.4, -0.2) is 38.9 Å². The van der Waals surface area contributed by atoms with Gasteiger partial charge in [0.05, 0.1) is 13.0 Å². The molecule has 1 heterocycles. The number of nitrogens with zero attached hydrogens (tertiary/aromatic N) is 1. The number of halogens is 1. The van der Waals surface area contributed by atoms with Crippen LogP contribution in [0.4, 0.5) is 10.1 Å². The second-order valence-electron chi connectivity index (χ2n) is 5.12. The Hall–Kier alpha value is -1.67. The molecule has 2 unspecified atom stereocenters. The number of nitrogens with two attached hydrogens (primary N) is 1. The number of carbonyl (C=O) groups is 1. The van der Waals surface area contributed by atoms with Gasteiger partial charge in [-0.05, 0) is 24.1 Å². The standard InChI is InChI=1S/C13H17FN2O4S/c1-8-6-16(7-10(8)13(17)20-2)21(18,19)12-4-3-9(15)5-11(12)14/h3-5,8,10H,6-7,15H2,1-2H3. The van der Waals surface area contributed by atoms with Gasteiger partial charge in [-0.15, -0.1) is 0 Å². The molecule has 1 aliphatic rings. The van der Waals surface area contributed by atoms with Crippen molar-refractivity contribution in [2.24, 2.45) is 11.8 Å². The third-order valence-corrected chi connectivity index (χ3v) is 5.52. The second kappa shape index (κ2) is 5.61. The highest BCUT2D eigenvalue weighted by molar-refractivity contribution is 7.89. The van der Waals surface area contributed by atoms with E-state index >= 15 is 0 Å². The second-order valence-corrected chi connectivity index (χ2v) is 7.03. The van der Waals surface area contributed by atoms with Crippen LogP contribution in [0.3, 0.4) is 0 Å². The summed E-state index contributed by atoms with van der Waals surface area (Å²) in [5.41, 5.74) is 5.56. The van der Waals surface area contributed by atoms with Crippen LogP contribution in [0.1, 0.15) is 6.92 Å². The highest BCUT2D eigenvalue weighted by atomic mass is 32.2. The van der Waals surface area contributed by atoms with Crippen LogP contribution in [0.2, 0.25) is 0 Å². The number of methoxy groups -OCH3 is 1. The predicted octanol–water partition coefficient (Wildman–Crippen LogP) is 0.837. The van der Waals surface area contributed by atoms with Gasteiger partial charge in [0.1, 0.15) is 10.7 Å². The van der Waals surface area contributed by atoms with Crippen molar-refractivity contribution >= 4 is 21.7 Å². The molecular formula is C13H17FN2O4S. The van der Waals surface area contributed by atoms with Crippen molar-refractivity contribution in [1.82, 2.24) is 4.31 Å². The topological polar surface area (TPSA) is 89.7 Å². The zero-order chi connectivity index (χ0) is 15.8. The molecule has 0 aromatic heterocycles. The lowest BCUT2D eigenvalue weighted by atomic mass is 9.99. The fourth-order valence-electron chi connectivity index (χ4n) is 2.44. The van der Waals surface area contributed by atoms with E-state index in [0.717, 1.165) is 16.4 Å². The Morgan fingerprint density at radius 3 is 2.67 bits per heavy atom. The first-order chi connectivity index (χ1) is 9.77. The van der Waals surface area contributed by atoms with Crippen LogP contribution in [0.15, 0.2) is 23.1 Å². The lowest BCUT2D eigenvalue weighted by Crippen LogP contribution is -2.31. The average Bonchev–Trinajstić information content (AvgIpc) is 2.80. The van der Waals surface area contributed by atoms with Crippen molar-refractivity contribution in [3.05, 3.63) is 24.0 Å². The number of anilines is 1. The quantitative estimate of drug-likeness (QED) is 0.659. The first-order valence-corrected chi connectivity index (χ1v) is 7.84. The van der Waals surface area contributed by atoms with Crippen LogP contribution in [0, 0.1) is 17.7 Å². The molecule has 0 aliphatic carbocycles. The molecule has 1 aliphatic heterocycles. The summed E-state index contributed by atoms with van der Waals surface area (Å²) in [6.45, 7) is 1.89. The van der Waals surface area contributed by atoms with E-state index < -0.39 is 32.6 Å². The third kappa shape index (κ3) is 2.86. The van der Waals surface area contributed by atoms with Gasteiger partial charge in [0.25, 0.3) is 0 Å². The van der Waals surface area contributed by atoms with Crippen molar-refractivity contribution in [2.45, 2.75) is 11.8 Å². The Kier molecular flexibility index (Phi) is 4.20. The molecule has 2 N–H and O–H groups in total. The molecule has 0 bridgehead atoms. The number of nitrogen functional groups attached to an aromatic ring is 1. The number of carbonyl (C=O) groups excluding carboxylic acids is 1. The zero-order valence-corrected chi connectivity index (χ0v) is 12.6. The summed E-state index contributed by atoms with van der Waals surface area (Å²) in [5, 5.41) is 0. The van der Waals surface area contributed by atoms with E-state index in [-0.39, 0.29) is 24.7 Å². The molecule has 0 spiro atoms. The summed E-state index contributed by atoms with van der Waals surface area (Å²) in [5.74, 6) is -2.09. The van der Waals surface area contributed by atoms with Crippen LogP contribution >= 0.6 is 0 Å². The lowest BCUT2D eigenvalue weighted by molar-refractivity contribution is -0.145. The van der Waals surface area contributed by atoms with Crippen LogP contribution < -0.4 is 5.73 Å². The summed E-state index contributed by atoms with van der Waals surface area (Å²) < 4.78 is 44.5. The molecule has 6 nitrogen and oxygen atoms in total. The maximum Gasteiger partial charge on any atom is 0.310 e. The van der Waals surface area contributed by atoms with Gasteiger partial charge in [-0.2, -0.15) is 4.31 Å².